The van der Waals surface area contributed by atoms with E-state index in [4.69, 9.17) is 5.73 Å². The Morgan fingerprint density at radius 2 is 1.77 bits per heavy atom. The number of fused-ring (bicyclic) bond motifs is 1. The quantitative estimate of drug-likeness (QED) is 0.900. The van der Waals surface area contributed by atoms with Gasteiger partial charge in [-0.2, -0.15) is 5.10 Å². The molecular formula is C16H16N4O2. The first-order valence-corrected chi connectivity index (χ1v) is 7.20. The Morgan fingerprint density at radius 3 is 2.50 bits per heavy atom. The van der Waals surface area contributed by atoms with Crippen molar-refractivity contribution in [3.05, 3.63) is 52.8 Å². The Kier molecular flexibility index (Phi) is 3.82. The third-order valence-electron chi connectivity index (χ3n) is 3.73. The van der Waals surface area contributed by atoms with Crippen molar-refractivity contribution >= 4 is 17.5 Å². The fraction of sp³-hybridized carbons (Fsp3) is 0.250. The minimum absolute atomic E-state index is 0.305. The average Bonchev–Trinajstić information content (AvgIpc) is 2.55. The molecule has 0 fully saturated rings. The van der Waals surface area contributed by atoms with E-state index >= 15 is 0 Å². The summed E-state index contributed by atoms with van der Waals surface area (Å²) in [6.45, 7) is 0. The van der Waals surface area contributed by atoms with Crippen molar-refractivity contribution < 1.29 is 9.59 Å². The van der Waals surface area contributed by atoms with E-state index < -0.39 is 5.91 Å². The zero-order valence-corrected chi connectivity index (χ0v) is 12.0. The van der Waals surface area contributed by atoms with Gasteiger partial charge in [-0.25, -0.2) is 0 Å². The third kappa shape index (κ3) is 2.95. The van der Waals surface area contributed by atoms with Crippen molar-refractivity contribution in [1.29, 1.82) is 0 Å². The lowest BCUT2D eigenvalue weighted by Crippen LogP contribution is -2.17. The van der Waals surface area contributed by atoms with Gasteiger partial charge in [0, 0.05) is 11.3 Å². The molecule has 2 aromatic rings. The smallest absolute Gasteiger partial charge is 0.276 e. The van der Waals surface area contributed by atoms with E-state index in [1.807, 2.05) is 6.07 Å². The first-order valence-electron chi connectivity index (χ1n) is 7.20. The van der Waals surface area contributed by atoms with Crippen LogP contribution >= 0.6 is 0 Å². The van der Waals surface area contributed by atoms with Gasteiger partial charge >= 0.3 is 0 Å². The highest BCUT2D eigenvalue weighted by molar-refractivity contribution is 6.03. The SMILES string of the molecule is NC(=O)c1ccc(NC(=O)c2cc3c(nn2)CCCC3)cc1. The lowest BCUT2D eigenvalue weighted by atomic mass is 9.96. The lowest BCUT2D eigenvalue weighted by Gasteiger charge is -2.14. The Balaban J connectivity index is 1.75. The van der Waals surface area contributed by atoms with Gasteiger partial charge in [-0.1, -0.05) is 0 Å². The number of hydrogen-bond acceptors (Lipinski definition) is 4. The maximum absolute atomic E-state index is 12.2. The highest BCUT2D eigenvalue weighted by Crippen LogP contribution is 2.19. The minimum atomic E-state index is -0.501. The van der Waals surface area contributed by atoms with E-state index in [1.54, 1.807) is 24.3 Å². The van der Waals surface area contributed by atoms with Crippen molar-refractivity contribution in [2.45, 2.75) is 25.7 Å². The molecule has 112 valence electrons. The van der Waals surface area contributed by atoms with Crippen LogP contribution in [0.2, 0.25) is 0 Å². The molecule has 6 nitrogen and oxygen atoms in total. The molecule has 1 aromatic heterocycles. The van der Waals surface area contributed by atoms with Crippen molar-refractivity contribution in [2.24, 2.45) is 5.73 Å². The summed E-state index contributed by atoms with van der Waals surface area (Å²) in [5, 5.41) is 10.9. The van der Waals surface area contributed by atoms with Gasteiger partial charge in [0.05, 0.1) is 5.69 Å². The van der Waals surface area contributed by atoms with Gasteiger partial charge in [0.15, 0.2) is 5.69 Å². The second kappa shape index (κ2) is 5.93. The van der Waals surface area contributed by atoms with Crippen LogP contribution in [0.4, 0.5) is 5.69 Å². The molecule has 6 heteroatoms. The molecule has 3 rings (SSSR count). The van der Waals surface area contributed by atoms with Crippen LogP contribution < -0.4 is 11.1 Å². The summed E-state index contributed by atoms with van der Waals surface area (Å²) in [7, 11) is 0. The monoisotopic (exact) mass is 296 g/mol. The van der Waals surface area contributed by atoms with Crippen molar-refractivity contribution in [2.75, 3.05) is 5.32 Å². The second-order valence-electron chi connectivity index (χ2n) is 5.30. The summed E-state index contributed by atoms with van der Waals surface area (Å²) in [5.41, 5.74) is 8.56. The topological polar surface area (TPSA) is 98.0 Å². The number of benzene rings is 1. The van der Waals surface area contributed by atoms with Crippen molar-refractivity contribution in [1.82, 2.24) is 10.2 Å². The summed E-state index contributed by atoms with van der Waals surface area (Å²) >= 11 is 0. The van der Waals surface area contributed by atoms with Gasteiger partial charge in [-0.15, -0.1) is 5.10 Å². The Labute approximate surface area is 127 Å². The molecule has 3 N–H and O–H groups in total. The molecule has 0 unspecified atom stereocenters. The van der Waals surface area contributed by atoms with Crippen LogP contribution in [0.25, 0.3) is 0 Å². The molecule has 1 aliphatic rings. The molecular weight excluding hydrogens is 280 g/mol. The van der Waals surface area contributed by atoms with Gasteiger partial charge in [0.25, 0.3) is 5.91 Å². The molecule has 1 heterocycles. The summed E-state index contributed by atoms with van der Waals surface area (Å²) in [6, 6.07) is 8.20. The van der Waals surface area contributed by atoms with Crippen LogP contribution in [0.5, 0.6) is 0 Å². The molecule has 1 aliphatic carbocycles. The van der Waals surface area contributed by atoms with E-state index in [0.29, 0.717) is 16.9 Å². The highest BCUT2D eigenvalue weighted by atomic mass is 16.2. The zero-order chi connectivity index (χ0) is 15.5. The number of nitrogens with one attached hydrogen (secondary N) is 1. The first-order chi connectivity index (χ1) is 10.6. The maximum atomic E-state index is 12.2. The van der Waals surface area contributed by atoms with Gasteiger partial charge < -0.3 is 11.1 Å². The Hall–Kier alpha value is -2.76. The van der Waals surface area contributed by atoms with Crippen LogP contribution in [-0.4, -0.2) is 22.0 Å². The average molecular weight is 296 g/mol. The molecule has 0 bridgehead atoms. The maximum Gasteiger partial charge on any atom is 0.276 e. The standard InChI is InChI=1S/C16H16N4O2/c17-15(21)10-5-7-12(8-6-10)18-16(22)14-9-11-3-1-2-4-13(11)19-20-14/h5-9H,1-4H2,(H2,17,21)(H,18,22). The highest BCUT2D eigenvalue weighted by Gasteiger charge is 2.15. The number of hydrogen-bond donors (Lipinski definition) is 2. The van der Waals surface area contributed by atoms with E-state index in [0.717, 1.165) is 36.9 Å². The van der Waals surface area contributed by atoms with E-state index in [-0.39, 0.29) is 5.91 Å². The number of carbonyl (C=O) groups is 2. The molecule has 0 radical (unpaired) electrons. The summed E-state index contributed by atoms with van der Waals surface area (Å²) in [6.07, 6.45) is 4.12. The molecule has 0 atom stereocenters. The number of anilines is 1. The Morgan fingerprint density at radius 1 is 1.05 bits per heavy atom. The first kappa shape index (κ1) is 14.2. The minimum Gasteiger partial charge on any atom is -0.366 e. The number of aromatic nitrogens is 2. The molecule has 2 amide bonds. The molecule has 0 saturated carbocycles. The van der Waals surface area contributed by atoms with Gasteiger partial charge in [-0.05, 0) is 61.6 Å². The lowest BCUT2D eigenvalue weighted by molar-refractivity contribution is 0.0997. The Bertz CT molecular complexity index is 725. The summed E-state index contributed by atoms with van der Waals surface area (Å²) < 4.78 is 0. The van der Waals surface area contributed by atoms with Gasteiger partial charge in [0.2, 0.25) is 5.91 Å². The van der Waals surface area contributed by atoms with E-state index in [1.165, 1.54) is 0 Å². The van der Waals surface area contributed by atoms with Crippen LogP contribution in [0.15, 0.2) is 30.3 Å². The van der Waals surface area contributed by atoms with Crippen LogP contribution in [0.1, 0.15) is 44.9 Å². The fourth-order valence-corrected chi connectivity index (χ4v) is 2.51. The van der Waals surface area contributed by atoms with Gasteiger partial charge in [0.1, 0.15) is 0 Å². The number of nitrogens with zero attached hydrogens (tertiary/aromatic N) is 2. The number of amides is 2. The molecule has 1 aromatic carbocycles. The zero-order valence-electron chi connectivity index (χ0n) is 12.0. The number of nitrogens with two attached hydrogens (primary N) is 1. The number of aryl methyl sites for hydroxylation is 2. The van der Waals surface area contributed by atoms with Crippen LogP contribution in [0.3, 0.4) is 0 Å². The number of primary amides is 1. The van der Waals surface area contributed by atoms with Crippen LogP contribution in [0, 0.1) is 0 Å². The molecule has 0 aliphatic heterocycles. The van der Waals surface area contributed by atoms with Gasteiger partial charge in [-0.3, -0.25) is 9.59 Å². The summed E-state index contributed by atoms with van der Waals surface area (Å²) in [5.74, 6) is -0.814. The molecule has 0 saturated heterocycles. The van der Waals surface area contributed by atoms with Crippen molar-refractivity contribution in [3.63, 3.8) is 0 Å². The third-order valence-corrected chi connectivity index (χ3v) is 3.73. The van der Waals surface area contributed by atoms with E-state index in [2.05, 4.69) is 15.5 Å². The number of rotatable bonds is 3. The molecule has 0 spiro atoms. The summed E-state index contributed by atoms with van der Waals surface area (Å²) in [4.78, 5) is 23.2. The normalized spacial score (nSPS) is 13.3. The number of carbonyl (C=O) groups excluding carboxylic acids is 2. The largest absolute Gasteiger partial charge is 0.366 e. The van der Waals surface area contributed by atoms with Crippen molar-refractivity contribution in [3.8, 4) is 0 Å². The van der Waals surface area contributed by atoms with E-state index in [9.17, 15) is 9.59 Å². The second-order valence-corrected chi connectivity index (χ2v) is 5.30. The predicted octanol–water partition coefficient (Wildman–Crippen LogP) is 1.71. The predicted molar refractivity (Wildman–Crippen MR) is 81.6 cm³/mol. The van der Waals surface area contributed by atoms with Crippen LogP contribution in [-0.2, 0) is 12.8 Å². The fourth-order valence-electron chi connectivity index (χ4n) is 2.51. The molecule has 22 heavy (non-hydrogen) atoms.